The summed E-state index contributed by atoms with van der Waals surface area (Å²) in [4.78, 5) is 20.3. The van der Waals surface area contributed by atoms with Crippen molar-refractivity contribution in [2.45, 2.75) is 12.1 Å². The zero-order valence-electron chi connectivity index (χ0n) is 13.7. The van der Waals surface area contributed by atoms with Gasteiger partial charge in [0, 0.05) is 23.3 Å². The van der Waals surface area contributed by atoms with E-state index in [-0.39, 0.29) is 11.7 Å². The number of fused-ring (bicyclic) bond motifs is 1. The van der Waals surface area contributed by atoms with E-state index in [0.717, 1.165) is 17.0 Å². The van der Waals surface area contributed by atoms with Crippen LogP contribution in [0.5, 0.6) is 0 Å². The fourth-order valence-electron chi connectivity index (χ4n) is 2.23. The minimum absolute atomic E-state index is 0.147. The van der Waals surface area contributed by atoms with Crippen molar-refractivity contribution in [3.05, 3.63) is 47.7 Å². The molecule has 26 heavy (non-hydrogen) atoms. The molecule has 4 aromatic rings. The summed E-state index contributed by atoms with van der Waals surface area (Å²) in [5.74, 6) is 0.0482. The van der Waals surface area contributed by atoms with Crippen LogP contribution in [0.25, 0.3) is 16.9 Å². The standard InChI is InChI=1S/C16H13N7OS2/c1-10-8-25-15(18-10)19-14(24)9-26-16-21-20-13-3-2-12(22-23(13)16)11-4-6-17-7-5-11/h2-8H,9H2,1H3,(H,18,19,24). The normalized spacial score (nSPS) is 11.0. The number of carbonyl (C=O) groups excluding carboxylic acids is 1. The molecule has 0 aromatic carbocycles. The summed E-state index contributed by atoms with van der Waals surface area (Å²) < 4.78 is 1.64. The van der Waals surface area contributed by atoms with Gasteiger partial charge in [-0.05, 0) is 31.2 Å². The van der Waals surface area contributed by atoms with E-state index in [0.29, 0.717) is 15.9 Å². The Balaban J connectivity index is 1.50. The molecule has 0 saturated carbocycles. The van der Waals surface area contributed by atoms with Gasteiger partial charge in [0.05, 0.1) is 17.1 Å². The first-order valence-corrected chi connectivity index (χ1v) is 9.53. The van der Waals surface area contributed by atoms with Crippen LogP contribution in [0.15, 0.2) is 47.2 Å². The number of thioether (sulfide) groups is 1. The molecule has 0 aliphatic rings. The highest BCUT2D eigenvalue weighted by Gasteiger charge is 2.12. The largest absolute Gasteiger partial charge is 0.301 e. The fraction of sp³-hybridized carbons (Fsp3) is 0.125. The fourth-order valence-corrected chi connectivity index (χ4v) is 3.62. The average molecular weight is 383 g/mol. The van der Waals surface area contributed by atoms with Crippen LogP contribution in [0.3, 0.4) is 0 Å². The molecule has 0 atom stereocenters. The van der Waals surface area contributed by atoms with Gasteiger partial charge in [-0.2, -0.15) is 9.61 Å². The Hall–Kier alpha value is -2.85. The first-order chi connectivity index (χ1) is 12.7. The summed E-state index contributed by atoms with van der Waals surface area (Å²) >= 11 is 2.67. The number of thiazole rings is 1. The van der Waals surface area contributed by atoms with Gasteiger partial charge in [-0.1, -0.05) is 11.8 Å². The van der Waals surface area contributed by atoms with Crippen LogP contribution >= 0.6 is 23.1 Å². The van der Waals surface area contributed by atoms with E-state index in [1.807, 2.05) is 36.6 Å². The Morgan fingerprint density at radius 3 is 2.85 bits per heavy atom. The third kappa shape index (κ3) is 3.55. The average Bonchev–Trinajstić information content (AvgIpc) is 3.26. The van der Waals surface area contributed by atoms with Crippen LogP contribution in [0.2, 0.25) is 0 Å². The molecule has 4 aromatic heterocycles. The van der Waals surface area contributed by atoms with Gasteiger partial charge < -0.3 is 5.32 Å². The molecule has 4 heterocycles. The van der Waals surface area contributed by atoms with E-state index < -0.39 is 0 Å². The lowest BCUT2D eigenvalue weighted by atomic mass is 10.2. The Kier molecular flexibility index (Phi) is 4.59. The maximum atomic E-state index is 12.1. The van der Waals surface area contributed by atoms with Crippen LogP contribution in [0.4, 0.5) is 5.13 Å². The lowest BCUT2D eigenvalue weighted by molar-refractivity contribution is -0.113. The SMILES string of the molecule is Cc1csc(NC(=O)CSc2nnc3ccc(-c4ccncc4)nn23)n1. The summed E-state index contributed by atoms with van der Waals surface area (Å²) in [7, 11) is 0. The van der Waals surface area contributed by atoms with Gasteiger partial charge in [-0.3, -0.25) is 9.78 Å². The molecular weight excluding hydrogens is 370 g/mol. The summed E-state index contributed by atoms with van der Waals surface area (Å²) in [6.07, 6.45) is 3.43. The maximum absolute atomic E-state index is 12.1. The quantitative estimate of drug-likeness (QED) is 0.529. The highest BCUT2D eigenvalue weighted by molar-refractivity contribution is 7.99. The maximum Gasteiger partial charge on any atom is 0.236 e. The van der Waals surface area contributed by atoms with Crippen LogP contribution in [-0.2, 0) is 4.79 Å². The van der Waals surface area contributed by atoms with E-state index in [9.17, 15) is 4.79 Å². The summed E-state index contributed by atoms with van der Waals surface area (Å²) in [6, 6.07) is 7.49. The predicted molar refractivity (Wildman–Crippen MR) is 100 cm³/mol. The van der Waals surface area contributed by atoms with E-state index in [1.165, 1.54) is 23.1 Å². The van der Waals surface area contributed by atoms with Crippen molar-refractivity contribution in [3.63, 3.8) is 0 Å². The first-order valence-electron chi connectivity index (χ1n) is 7.67. The highest BCUT2D eigenvalue weighted by Crippen LogP contribution is 2.21. The molecule has 130 valence electrons. The van der Waals surface area contributed by atoms with Crippen LogP contribution in [0.1, 0.15) is 5.69 Å². The molecule has 1 N–H and O–H groups in total. The van der Waals surface area contributed by atoms with E-state index in [2.05, 4.69) is 30.6 Å². The smallest absolute Gasteiger partial charge is 0.236 e. The molecule has 0 fully saturated rings. The van der Waals surface area contributed by atoms with Gasteiger partial charge in [-0.15, -0.1) is 21.5 Å². The number of aryl methyl sites for hydroxylation is 1. The van der Waals surface area contributed by atoms with Gasteiger partial charge >= 0.3 is 0 Å². The second-order valence-corrected chi connectivity index (χ2v) is 7.14. The van der Waals surface area contributed by atoms with E-state index in [4.69, 9.17) is 0 Å². The predicted octanol–water partition coefficient (Wildman–Crippen LogP) is 2.68. The minimum Gasteiger partial charge on any atom is -0.301 e. The van der Waals surface area contributed by atoms with Crippen molar-refractivity contribution in [2.24, 2.45) is 0 Å². The van der Waals surface area contributed by atoms with E-state index in [1.54, 1.807) is 16.9 Å². The first kappa shape index (κ1) is 16.6. The molecule has 8 nitrogen and oxygen atoms in total. The van der Waals surface area contributed by atoms with Crippen molar-refractivity contribution in [1.82, 2.24) is 29.8 Å². The van der Waals surface area contributed by atoms with Gasteiger partial charge in [0.25, 0.3) is 0 Å². The number of carbonyl (C=O) groups is 1. The Labute approximate surface area is 156 Å². The number of amides is 1. The number of anilines is 1. The van der Waals surface area contributed by atoms with Crippen LogP contribution < -0.4 is 5.32 Å². The Morgan fingerprint density at radius 2 is 2.08 bits per heavy atom. The second-order valence-electron chi connectivity index (χ2n) is 5.34. The van der Waals surface area contributed by atoms with Crippen molar-refractivity contribution >= 4 is 39.8 Å². The number of hydrogen-bond donors (Lipinski definition) is 1. The number of rotatable bonds is 5. The number of aromatic nitrogens is 6. The second kappa shape index (κ2) is 7.18. The zero-order valence-corrected chi connectivity index (χ0v) is 15.3. The number of nitrogens with one attached hydrogen (secondary N) is 1. The number of pyridine rings is 1. The number of nitrogens with zero attached hydrogens (tertiary/aromatic N) is 6. The molecule has 4 rings (SSSR count). The molecular formula is C16H13N7OS2. The van der Waals surface area contributed by atoms with Crippen molar-refractivity contribution in [1.29, 1.82) is 0 Å². The highest BCUT2D eigenvalue weighted by atomic mass is 32.2. The summed E-state index contributed by atoms with van der Waals surface area (Å²) in [5.41, 5.74) is 3.24. The molecule has 0 radical (unpaired) electrons. The zero-order chi connectivity index (χ0) is 17.9. The van der Waals surface area contributed by atoms with Gasteiger partial charge in [0.2, 0.25) is 11.1 Å². The minimum atomic E-state index is -0.147. The molecule has 0 unspecified atom stereocenters. The molecule has 0 spiro atoms. The van der Waals surface area contributed by atoms with Crippen LogP contribution in [0, 0.1) is 6.92 Å². The van der Waals surface area contributed by atoms with Gasteiger partial charge in [-0.25, -0.2) is 4.98 Å². The van der Waals surface area contributed by atoms with Crippen molar-refractivity contribution in [3.8, 4) is 11.3 Å². The Bertz CT molecular complexity index is 1060. The monoisotopic (exact) mass is 383 g/mol. The summed E-state index contributed by atoms with van der Waals surface area (Å²) in [6.45, 7) is 1.88. The molecule has 0 bridgehead atoms. The third-order valence-electron chi connectivity index (χ3n) is 3.41. The molecule has 10 heteroatoms. The molecule has 1 amide bonds. The van der Waals surface area contributed by atoms with Crippen molar-refractivity contribution < 1.29 is 4.79 Å². The molecule has 0 saturated heterocycles. The third-order valence-corrected chi connectivity index (χ3v) is 5.20. The number of hydrogen-bond acceptors (Lipinski definition) is 8. The topological polar surface area (TPSA) is 98.0 Å². The molecule has 0 aliphatic carbocycles. The Morgan fingerprint density at radius 1 is 1.23 bits per heavy atom. The summed E-state index contributed by atoms with van der Waals surface area (Å²) in [5, 5.41) is 18.6. The van der Waals surface area contributed by atoms with E-state index >= 15 is 0 Å². The van der Waals surface area contributed by atoms with Gasteiger partial charge in [0.15, 0.2) is 10.8 Å². The van der Waals surface area contributed by atoms with Crippen molar-refractivity contribution in [2.75, 3.05) is 11.1 Å². The van der Waals surface area contributed by atoms with Gasteiger partial charge in [0.1, 0.15) is 0 Å². The lowest BCUT2D eigenvalue weighted by Crippen LogP contribution is -2.14. The van der Waals surface area contributed by atoms with Crippen LogP contribution in [-0.4, -0.2) is 41.4 Å². The lowest BCUT2D eigenvalue weighted by Gasteiger charge is -2.03. The molecule has 0 aliphatic heterocycles.